The smallest absolute Gasteiger partial charge is 0.259 e. The molecule has 0 radical (unpaired) electrons. The van der Waals surface area contributed by atoms with Gasteiger partial charge in [0.05, 0.1) is 30.1 Å². The lowest BCUT2D eigenvalue weighted by molar-refractivity contribution is -0.0339. The van der Waals surface area contributed by atoms with Crippen molar-refractivity contribution in [1.29, 1.82) is 0 Å². The molecule has 2 aromatic rings. The first-order chi connectivity index (χ1) is 14.0. The number of hydrogen-bond donors (Lipinski definition) is 3. The SMILES string of the molecule is O=C(NCC12CCC(CO)(CO1)C2)c1ccc2c(c1)C(=O)Nc1ccccc1O2. The van der Waals surface area contributed by atoms with E-state index in [0.29, 0.717) is 41.5 Å². The first-order valence-corrected chi connectivity index (χ1v) is 9.77. The summed E-state index contributed by atoms with van der Waals surface area (Å²) in [4.78, 5) is 25.3. The van der Waals surface area contributed by atoms with Gasteiger partial charge in [0.2, 0.25) is 0 Å². The Hall–Kier alpha value is -2.90. The van der Waals surface area contributed by atoms with Crippen molar-refractivity contribution in [3.63, 3.8) is 0 Å². The first kappa shape index (κ1) is 18.1. The van der Waals surface area contributed by atoms with Crippen molar-refractivity contribution in [3.05, 3.63) is 53.6 Å². The minimum Gasteiger partial charge on any atom is -0.454 e. The molecule has 0 aromatic heterocycles. The predicted molar refractivity (Wildman–Crippen MR) is 105 cm³/mol. The molecule has 2 aromatic carbocycles. The Morgan fingerprint density at radius 3 is 2.79 bits per heavy atom. The van der Waals surface area contributed by atoms with E-state index in [1.807, 2.05) is 12.1 Å². The van der Waals surface area contributed by atoms with Gasteiger partial charge in [-0.05, 0) is 49.6 Å². The molecule has 5 rings (SSSR count). The van der Waals surface area contributed by atoms with Crippen molar-refractivity contribution in [2.45, 2.75) is 24.9 Å². The number of fused-ring (bicyclic) bond motifs is 4. The van der Waals surface area contributed by atoms with Crippen LogP contribution in [0.1, 0.15) is 40.0 Å². The number of carbonyl (C=O) groups is 2. The van der Waals surface area contributed by atoms with Gasteiger partial charge in [0.15, 0.2) is 5.75 Å². The lowest BCUT2D eigenvalue weighted by atomic mass is 9.89. The number of aliphatic hydroxyl groups is 1. The third-order valence-electron chi connectivity index (χ3n) is 6.24. The fourth-order valence-corrected chi connectivity index (χ4v) is 4.54. The van der Waals surface area contributed by atoms with Crippen LogP contribution in [0, 0.1) is 5.41 Å². The van der Waals surface area contributed by atoms with E-state index in [1.165, 1.54) is 0 Å². The zero-order valence-electron chi connectivity index (χ0n) is 15.9. The number of anilines is 1. The topological polar surface area (TPSA) is 96.9 Å². The number of amides is 2. The maximum absolute atomic E-state index is 12.7. The molecule has 2 bridgehead atoms. The molecule has 3 aliphatic rings. The van der Waals surface area contributed by atoms with Crippen molar-refractivity contribution in [3.8, 4) is 11.5 Å². The lowest BCUT2D eigenvalue weighted by Crippen LogP contribution is -2.41. The summed E-state index contributed by atoms with van der Waals surface area (Å²) in [6, 6.07) is 12.0. The lowest BCUT2D eigenvalue weighted by Gasteiger charge is -2.28. The Morgan fingerprint density at radius 2 is 2.03 bits per heavy atom. The van der Waals surface area contributed by atoms with E-state index in [9.17, 15) is 14.7 Å². The highest BCUT2D eigenvalue weighted by Crippen LogP contribution is 2.52. The summed E-state index contributed by atoms with van der Waals surface area (Å²) < 4.78 is 11.8. The van der Waals surface area contributed by atoms with Gasteiger partial charge in [-0.1, -0.05) is 12.1 Å². The Morgan fingerprint density at radius 1 is 1.17 bits per heavy atom. The zero-order chi connectivity index (χ0) is 20.1. The Labute approximate surface area is 168 Å². The highest BCUT2D eigenvalue weighted by atomic mass is 16.5. The summed E-state index contributed by atoms with van der Waals surface area (Å²) in [5.41, 5.74) is 0.732. The fourth-order valence-electron chi connectivity index (χ4n) is 4.54. The second-order valence-corrected chi connectivity index (χ2v) is 8.25. The molecule has 1 saturated carbocycles. The van der Waals surface area contributed by atoms with Gasteiger partial charge in [0, 0.05) is 17.5 Å². The molecular weight excluding hydrogens is 372 g/mol. The molecule has 3 N–H and O–H groups in total. The summed E-state index contributed by atoms with van der Waals surface area (Å²) in [7, 11) is 0. The maximum Gasteiger partial charge on any atom is 0.259 e. The highest BCUT2D eigenvalue weighted by molar-refractivity contribution is 6.09. The number of ether oxygens (including phenoxy) is 2. The van der Waals surface area contributed by atoms with Gasteiger partial charge in [-0.25, -0.2) is 0 Å². The van der Waals surface area contributed by atoms with Crippen molar-refractivity contribution >= 4 is 17.5 Å². The average Bonchev–Trinajstić information content (AvgIpc) is 3.26. The molecule has 150 valence electrons. The molecule has 2 aliphatic heterocycles. The van der Waals surface area contributed by atoms with Gasteiger partial charge in [0.25, 0.3) is 11.8 Å². The van der Waals surface area contributed by atoms with Gasteiger partial charge in [0.1, 0.15) is 5.75 Å². The molecule has 2 heterocycles. The fraction of sp³-hybridized carbons (Fsp3) is 0.364. The van der Waals surface area contributed by atoms with Crippen LogP contribution in [0.5, 0.6) is 11.5 Å². The minimum absolute atomic E-state index is 0.116. The zero-order valence-corrected chi connectivity index (χ0v) is 15.9. The average molecular weight is 394 g/mol. The normalized spacial score (nSPS) is 26.7. The van der Waals surface area contributed by atoms with Crippen molar-refractivity contribution in [2.24, 2.45) is 5.41 Å². The van der Waals surface area contributed by atoms with Gasteiger partial charge in [-0.3, -0.25) is 9.59 Å². The number of carbonyl (C=O) groups excluding carboxylic acids is 2. The molecule has 2 unspecified atom stereocenters. The first-order valence-electron chi connectivity index (χ1n) is 9.77. The third-order valence-corrected chi connectivity index (χ3v) is 6.24. The molecule has 1 saturated heterocycles. The van der Waals surface area contributed by atoms with Crippen LogP contribution in [0.25, 0.3) is 0 Å². The predicted octanol–water partition coefficient (Wildman–Crippen LogP) is 2.71. The molecule has 7 heteroatoms. The monoisotopic (exact) mass is 394 g/mol. The summed E-state index contributed by atoms with van der Waals surface area (Å²) in [5, 5.41) is 15.4. The van der Waals surface area contributed by atoms with Crippen molar-refractivity contribution in [2.75, 3.05) is 25.1 Å². The van der Waals surface area contributed by atoms with E-state index in [4.69, 9.17) is 9.47 Å². The number of nitrogens with one attached hydrogen (secondary N) is 2. The molecule has 29 heavy (non-hydrogen) atoms. The van der Waals surface area contributed by atoms with Crippen LogP contribution in [0.3, 0.4) is 0 Å². The van der Waals surface area contributed by atoms with Crippen LogP contribution < -0.4 is 15.4 Å². The van der Waals surface area contributed by atoms with E-state index in [2.05, 4.69) is 10.6 Å². The summed E-state index contributed by atoms with van der Waals surface area (Å²) >= 11 is 0. The quantitative estimate of drug-likeness (QED) is 0.741. The Kier molecular flexibility index (Phi) is 4.11. The van der Waals surface area contributed by atoms with Crippen LogP contribution in [0.2, 0.25) is 0 Å². The molecule has 1 aliphatic carbocycles. The van der Waals surface area contributed by atoms with Crippen LogP contribution in [-0.4, -0.2) is 42.3 Å². The number of rotatable bonds is 4. The van der Waals surface area contributed by atoms with Crippen molar-refractivity contribution in [1.82, 2.24) is 5.32 Å². The van der Waals surface area contributed by atoms with Crippen molar-refractivity contribution < 1.29 is 24.2 Å². The standard InChI is InChI=1S/C22H22N2O5/c25-12-21-7-8-22(10-21,28-13-21)11-23-19(26)14-5-6-17-15(9-14)20(27)24-16-3-1-2-4-18(16)29-17/h1-6,9,25H,7-8,10-13H2,(H,23,26)(H,24,27). The summed E-state index contributed by atoms with van der Waals surface area (Å²) in [6.07, 6.45) is 2.50. The van der Waals surface area contributed by atoms with E-state index in [1.54, 1.807) is 30.3 Å². The Balaban J connectivity index is 1.32. The number of hydrogen-bond acceptors (Lipinski definition) is 5. The minimum atomic E-state index is -0.397. The van der Waals surface area contributed by atoms with Crippen LogP contribution in [0.15, 0.2) is 42.5 Å². The Bertz CT molecular complexity index is 994. The number of para-hydroxylation sites is 2. The molecular formula is C22H22N2O5. The third kappa shape index (κ3) is 3.07. The van der Waals surface area contributed by atoms with Gasteiger partial charge in [-0.2, -0.15) is 0 Å². The second-order valence-electron chi connectivity index (χ2n) is 8.25. The van der Waals surface area contributed by atoms with Gasteiger partial charge >= 0.3 is 0 Å². The summed E-state index contributed by atoms with van der Waals surface area (Å²) in [6.45, 7) is 1.04. The second kappa shape index (κ2) is 6.57. The molecule has 2 amide bonds. The maximum atomic E-state index is 12.7. The van der Waals surface area contributed by atoms with Crippen LogP contribution in [-0.2, 0) is 4.74 Å². The van der Waals surface area contributed by atoms with E-state index < -0.39 is 5.60 Å². The van der Waals surface area contributed by atoms with Crippen LogP contribution in [0.4, 0.5) is 5.69 Å². The van der Waals surface area contributed by atoms with Gasteiger partial charge < -0.3 is 25.2 Å². The van der Waals surface area contributed by atoms with E-state index in [0.717, 1.165) is 19.3 Å². The molecule has 0 spiro atoms. The van der Waals surface area contributed by atoms with E-state index >= 15 is 0 Å². The van der Waals surface area contributed by atoms with Gasteiger partial charge in [-0.15, -0.1) is 0 Å². The van der Waals surface area contributed by atoms with Crippen LogP contribution >= 0.6 is 0 Å². The largest absolute Gasteiger partial charge is 0.454 e. The molecule has 2 atom stereocenters. The number of benzene rings is 2. The highest BCUT2D eigenvalue weighted by Gasteiger charge is 2.55. The summed E-state index contributed by atoms with van der Waals surface area (Å²) in [5.74, 6) is 0.378. The molecule has 2 fully saturated rings. The molecule has 7 nitrogen and oxygen atoms in total. The number of aliphatic hydroxyl groups excluding tert-OH is 1. The van der Waals surface area contributed by atoms with E-state index in [-0.39, 0.29) is 23.8 Å².